The predicted molar refractivity (Wildman–Crippen MR) is 114 cm³/mol. The lowest BCUT2D eigenvalue weighted by Gasteiger charge is -2.19. The molecule has 0 radical (unpaired) electrons. The topological polar surface area (TPSA) is 53.6 Å². The van der Waals surface area contributed by atoms with Gasteiger partial charge in [-0.25, -0.2) is 0 Å². The Morgan fingerprint density at radius 3 is 2.81 bits per heavy atom. The maximum absolute atomic E-state index is 11.9. The summed E-state index contributed by atoms with van der Waals surface area (Å²) in [6.07, 6.45) is 1.55. The van der Waals surface area contributed by atoms with E-state index in [9.17, 15) is 4.79 Å². The van der Waals surface area contributed by atoms with Gasteiger partial charge in [0.2, 0.25) is 5.91 Å². The Morgan fingerprint density at radius 1 is 1.30 bits per heavy atom. The monoisotopic (exact) mass is 403 g/mol. The third-order valence-electron chi connectivity index (χ3n) is 4.30. The first kappa shape index (κ1) is 19.5. The fraction of sp³-hybridized carbons (Fsp3) is 0.300. The Labute approximate surface area is 169 Å². The second-order valence-electron chi connectivity index (χ2n) is 6.31. The van der Waals surface area contributed by atoms with E-state index in [0.717, 1.165) is 29.9 Å². The molecule has 7 heteroatoms. The lowest BCUT2D eigenvalue weighted by molar-refractivity contribution is -0.117. The standard InChI is InChI=1S/C20H22ClN3O2S/c1-14-13-15(8-9-17(14)24-11-4-7-19(24)25)23-20(27)22-10-12-26-18-6-3-2-5-16(18)21/h2-3,5-6,8-9,13H,4,7,10-12H2,1H3,(H2,22,23,27). The largest absolute Gasteiger partial charge is 0.490 e. The van der Waals surface area contributed by atoms with Crippen LogP contribution in [0.3, 0.4) is 0 Å². The summed E-state index contributed by atoms with van der Waals surface area (Å²) in [5.41, 5.74) is 2.89. The number of benzene rings is 2. The first-order valence-corrected chi connectivity index (χ1v) is 9.66. The van der Waals surface area contributed by atoms with Crippen molar-refractivity contribution in [3.8, 4) is 5.75 Å². The Morgan fingerprint density at radius 2 is 2.11 bits per heavy atom. The Bertz CT molecular complexity index is 844. The highest BCUT2D eigenvalue weighted by molar-refractivity contribution is 7.80. The predicted octanol–water partition coefficient (Wildman–Crippen LogP) is 4.14. The highest BCUT2D eigenvalue weighted by Crippen LogP contribution is 2.27. The molecular weight excluding hydrogens is 382 g/mol. The van der Waals surface area contributed by atoms with Crippen LogP contribution in [0.2, 0.25) is 5.02 Å². The molecular formula is C20H22ClN3O2S. The van der Waals surface area contributed by atoms with Gasteiger partial charge >= 0.3 is 0 Å². The number of hydrogen-bond acceptors (Lipinski definition) is 3. The van der Waals surface area contributed by atoms with E-state index in [0.29, 0.717) is 35.5 Å². The molecule has 2 N–H and O–H groups in total. The molecule has 0 unspecified atom stereocenters. The van der Waals surface area contributed by atoms with E-state index in [1.165, 1.54) is 0 Å². The normalized spacial score (nSPS) is 13.6. The van der Waals surface area contributed by atoms with Crippen LogP contribution < -0.4 is 20.3 Å². The fourth-order valence-electron chi connectivity index (χ4n) is 3.00. The van der Waals surface area contributed by atoms with Crippen LogP contribution in [0.5, 0.6) is 5.75 Å². The molecule has 2 aromatic rings. The number of carbonyl (C=O) groups is 1. The van der Waals surface area contributed by atoms with Crippen molar-refractivity contribution in [1.82, 2.24) is 5.32 Å². The van der Waals surface area contributed by atoms with E-state index >= 15 is 0 Å². The molecule has 0 saturated carbocycles. The highest BCUT2D eigenvalue weighted by Gasteiger charge is 2.22. The van der Waals surface area contributed by atoms with Crippen LogP contribution in [0.15, 0.2) is 42.5 Å². The summed E-state index contributed by atoms with van der Waals surface area (Å²) in [4.78, 5) is 13.8. The van der Waals surface area contributed by atoms with E-state index in [1.807, 2.05) is 48.2 Å². The minimum atomic E-state index is 0.189. The number of nitrogens with one attached hydrogen (secondary N) is 2. The van der Waals surface area contributed by atoms with E-state index in [4.69, 9.17) is 28.6 Å². The molecule has 1 saturated heterocycles. The van der Waals surface area contributed by atoms with Crippen molar-refractivity contribution in [3.63, 3.8) is 0 Å². The summed E-state index contributed by atoms with van der Waals surface area (Å²) in [5, 5.41) is 7.37. The summed E-state index contributed by atoms with van der Waals surface area (Å²) in [6.45, 7) is 3.79. The van der Waals surface area contributed by atoms with E-state index in [1.54, 1.807) is 6.07 Å². The number of para-hydroxylation sites is 1. The van der Waals surface area contributed by atoms with Crippen molar-refractivity contribution >= 4 is 46.2 Å². The number of halogens is 1. The average molecular weight is 404 g/mol. The maximum atomic E-state index is 11.9. The van der Waals surface area contributed by atoms with Gasteiger partial charge in [-0.3, -0.25) is 4.79 Å². The van der Waals surface area contributed by atoms with Crippen LogP contribution in [-0.2, 0) is 4.79 Å². The summed E-state index contributed by atoms with van der Waals surface area (Å²) < 4.78 is 5.62. The third kappa shape index (κ3) is 5.11. The van der Waals surface area contributed by atoms with Gasteiger partial charge in [0.15, 0.2) is 5.11 Å². The summed E-state index contributed by atoms with van der Waals surface area (Å²) >= 11 is 11.4. The van der Waals surface area contributed by atoms with Crippen LogP contribution >= 0.6 is 23.8 Å². The molecule has 1 amide bonds. The van der Waals surface area contributed by atoms with Crippen molar-refractivity contribution < 1.29 is 9.53 Å². The SMILES string of the molecule is Cc1cc(NC(=S)NCCOc2ccccc2Cl)ccc1N1CCCC1=O. The first-order chi connectivity index (χ1) is 13.0. The van der Waals surface area contributed by atoms with Gasteiger partial charge in [-0.1, -0.05) is 23.7 Å². The van der Waals surface area contributed by atoms with Gasteiger partial charge in [-0.2, -0.15) is 0 Å². The number of rotatable bonds is 6. The zero-order chi connectivity index (χ0) is 19.2. The first-order valence-electron chi connectivity index (χ1n) is 8.88. The molecule has 1 fully saturated rings. The van der Waals surface area contributed by atoms with E-state index in [2.05, 4.69) is 10.6 Å². The summed E-state index contributed by atoms with van der Waals surface area (Å²) in [6, 6.07) is 13.2. The van der Waals surface area contributed by atoms with E-state index < -0.39 is 0 Å². The maximum Gasteiger partial charge on any atom is 0.227 e. The van der Waals surface area contributed by atoms with Crippen LogP contribution in [0, 0.1) is 6.92 Å². The molecule has 0 aliphatic carbocycles. The highest BCUT2D eigenvalue weighted by atomic mass is 35.5. The molecule has 0 aromatic heterocycles. The number of anilines is 2. The quantitative estimate of drug-likeness (QED) is 0.560. The van der Waals surface area contributed by atoms with Gasteiger partial charge in [0.1, 0.15) is 12.4 Å². The third-order valence-corrected chi connectivity index (χ3v) is 4.86. The number of ether oxygens (including phenoxy) is 1. The Balaban J connectivity index is 1.47. The molecule has 142 valence electrons. The molecule has 1 aliphatic rings. The van der Waals surface area contributed by atoms with Crippen molar-refractivity contribution in [3.05, 3.63) is 53.1 Å². The zero-order valence-electron chi connectivity index (χ0n) is 15.1. The van der Waals surface area contributed by atoms with Crippen molar-refractivity contribution in [1.29, 1.82) is 0 Å². The number of amides is 1. The molecule has 0 bridgehead atoms. The number of thiocarbonyl (C=S) groups is 1. The molecule has 3 rings (SSSR count). The minimum absolute atomic E-state index is 0.189. The fourth-order valence-corrected chi connectivity index (χ4v) is 3.41. The Kier molecular flexibility index (Phi) is 6.53. The van der Waals surface area contributed by atoms with Gasteiger partial charge in [0.05, 0.1) is 11.6 Å². The zero-order valence-corrected chi connectivity index (χ0v) is 16.7. The number of hydrogen-bond donors (Lipinski definition) is 2. The lowest BCUT2D eigenvalue weighted by atomic mass is 10.1. The minimum Gasteiger partial charge on any atom is -0.490 e. The van der Waals surface area contributed by atoms with Crippen LogP contribution in [0.25, 0.3) is 0 Å². The van der Waals surface area contributed by atoms with E-state index in [-0.39, 0.29) is 5.91 Å². The van der Waals surface area contributed by atoms with Crippen molar-refractivity contribution in [2.24, 2.45) is 0 Å². The summed E-state index contributed by atoms with van der Waals surface area (Å²) in [5.74, 6) is 0.844. The molecule has 1 heterocycles. The molecule has 5 nitrogen and oxygen atoms in total. The van der Waals surface area contributed by atoms with Crippen molar-refractivity contribution in [2.45, 2.75) is 19.8 Å². The van der Waals surface area contributed by atoms with Gasteiger partial charge < -0.3 is 20.3 Å². The molecule has 0 spiro atoms. The molecule has 2 aromatic carbocycles. The van der Waals surface area contributed by atoms with Crippen LogP contribution in [-0.4, -0.2) is 30.7 Å². The Hall–Kier alpha value is -2.31. The van der Waals surface area contributed by atoms with Gasteiger partial charge in [-0.15, -0.1) is 0 Å². The van der Waals surface area contributed by atoms with Crippen LogP contribution in [0.1, 0.15) is 18.4 Å². The molecule has 0 atom stereocenters. The summed E-state index contributed by atoms with van der Waals surface area (Å²) in [7, 11) is 0. The average Bonchev–Trinajstić information content (AvgIpc) is 3.06. The molecule has 1 aliphatic heterocycles. The smallest absolute Gasteiger partial charge is 0.227 e. The lowest BCUT2D eigenvalue weighted by Crippen LogP contribution is -2.32. The van der Waals surface area contributed by atoms with Crippen molar-refractivity contribution in [2.75, 3.05) is 29.9 Å². The number of aryl methyl sites for hydroxylation is 1. The van der Waals surface area contributed by atoms with Gasteiger partial charge in [0.25, 0.3) is 0 Å². The number of nitrogens with zero attached hydrogens (tertiary/aromatic N) is 1. The van der Waals surface area contributed by atoms with Gasteiger partial charge in [-0.05, 0) is 61.5 Å². The number of carbonyl (C=O) groups excluding carboxylic acids is 1. The molecule has 27 heavy (non-hydrogen) atoms. The second-order valence-corrected chi connectivity index (χ2v) is 7.13. The van der Waals surface area contributed by atoms with Gasteiger partial charge in [0, 0.05) is 24.3 Å². The van der Waals surface area contributed by atoms with Crippen LogP contribution in [0.4, 0.5) is 11.4 Å². The second kappa shape index (κ2) is 9.06.